The monoisotopic (exact) mass is 394 g/mol. The van der Waals surface area contributed by atoms with Crippen LogP contribution in [0.4, 0.5) is 0 Å². The molecule has 0 nitrogen and oxygen atoms in total. The molecule has 0 heterocycles. The number of hydrogen-bond acceptors (Lipinski definition) is 0. The van der Waals surface area contributed by atoms with Gasteiger partial charge in [-0.3, -0.25) is 0 Å². The van der Waals surface area contributed by atoms with Crippen molar-refractivity contribution < 1.29 is 42.2 Å². The first-order chi connectivity index (χ1) is 10.8. The van der Waals surface area contributed by atoms with E-state index in [4.69, 9.17) is 0 Å². The van der Waals surface area contributed by atoms with Gasteiger partial charge in [0.05, 0.1) is 0 Å². The fraction of sp³-hybridized carbons (Fsp3) is 0.381. The van der Waals surface area contributed by atoms with Crippen molar-refractivity contribution in [3.8, 4) is 0 Å². The summed E-state index contributed by atoms with van der Waals surface area (Å²) >= 11 is -1.42. The van der Waals surface area contributed by atoms with Gasteiger partial charge in [0.1, 0.15) is 0 Å². The first kappa shape index (κ1) is 19.9. The molecule has 0 bridgehead atoms. The van der Waals surface area contributed by atoms with Crippen molar-refractivity contribution >= 4 is 9.38 Å². The van der Waals surface area contributed by atoms with Crippen molar-refractivity contribution in [2.45, 2.75) is 50.2 Å². The van der Waals surface area contributed by atoms with E-state index >= 15 is 0 Å². The van der Waals surface area contributed by atoms with Crippen LogP contribution in [0.15, 0.2) is 51.9 Å². The van der Waals surface area contributed by atoms with Gasteiger partial charge < -0.3 is 24.8 Å². The molecular weight excluding hydrogens is 371 g/mol. The molecule has 0 radical (unpaired) electrons. The summed E-state index contributed by atoms with van der Waals surface area (Å²) in [6, 6.07) is 9.31. The second kappa shape index (κ2) is 8.32. The first-order valence-electron chi connectivity index (χ1n) is 8.62. The van der Waals surface area contributed by atoms with Gasteiger partial charge in [-0.25, -0.2) is 0 Å². The van der Waals surface area contributed by atoms with E-state index in [2.05, 4.69) is 56.3 Å². The number of benzene rings is 1. The van der Waals surface area contributed by atoms with Crippen molar-refractivity contribution in [1.29, 1.82) is 0 Å². The maximum atomic E-state index is 2.44. The zero-order valence-electron chi connectivity index (χ0n) is 14.4. The third-order valence-electron chi connectivity index (χ3n) is 5.40. The molecule has 3 aliphatic carbocycles. The van der Waals surface area contributed by atoms with Crippen LogP contribution in [0.3, 0.4) is 0 Å². The van der Waals surface area contributed by atoms with Gasteiger partial charge in [0, 0.05) is 0 Å². The number of fused-ring (bicyclic) bond motifs is 2. The van der Waals surface area contributed by atoms with E-state index in [-0.39, 0.29) is 24.8 Å². The number of hydrogen-bond donors (Lipinski definition) is 0. The van der Waals surface area contributed by atoms with Crippen LogP contribution in [0.1, 0.15) is 61.3 Å². The molecule has 1 aromatic rings. The summed E-state index contributed by atoms with van der Waals surface area (Å²) in [6.07, 6.45) is 13.7. The molecule has 1 unspecified atom stereocenters. The SMILES string of the molecule is C[C](C)=[Ti+2]([C]1=CC=CC1)[CH]1C2=C(CCCC2)c2ccccc21.[Cl-].[Cl-]. The fourth-order valence-corrected chi connectivity index (χ4v) is 9.90. The van der Waals surface area contributed by atoms with E-state index in [1.165, 1.54) is 32.1 Å². The Kier molecular flexibility index (Phi) is 6.91. The third-order valence-corrected chi connectivity index (χ3v) is 10.7. The fourth-order valence-electron chi connectivity index (χ4n) is 4.54. The van der Waals surface area contributed by atoms with Crippen LogP contribution < -0.4 is 24.8 Å². The largest absolute Gasteiger partial charge is 1.00 e. The third kappa shape index (κ3) is 3.31. The van der Waals surface area contributed by atoms with Crippen LogP contribution in [0, 0.1) is 0 Å². The molecule has 24 heavy (non-hydrogen) atoms. The van der Waals surface area contributed by atoms with E-state index in [0.29, 0.717) is 0 Å². The van der Waals surface area contributed by atoms with Gasteiger partial charge in [-0.05, 0) is 0 Å². The Bertz CT molecular complexity index is 749. The molecule has 126 valence electrons. The van der Waals surface area contributed by atoms with Crippen LogP contribution in [-0.4, -0.2) is 3.81 Å². The zero-order chi connectivity index (χ0) is 15.1. The number of halogens is 2. The number of allylic oxidation sites excluding steroid dienone is 6. The minimum Gasteiger partial charge on any atom is -1.00 e. The summed E-state index contributed by atoms with van der Waals surface area (Å²) in [4.78, 5) is 0. The Balaban J connectivity index is 0.00000104. The molecule has 0 aliphatic heterocycles. The first-order valence-corrected chi connectivity index (χ1v) is 11.1. The van der Waals surface area contributed by atoms with Gasteiger partial charge in [0.25, 0.3) is 0 Å². The average Bonchev–Trinajstić information content (AvgIpc) is 3.16. The Hall–Kier alpha value is -0.396. The molecule has 0 saturated heterocycles. The maximum Gasteiger partial charge on any atom is -1.00 e. The molecule has 4 rings (SSSR count). The Morgan fingerprint density at radius 1 is 1.04 bits per heavy atom. The Morgan fingerprint density at radius 3 is 2.50 bits per heavy atom. The Labute approximate surface area is 164 Å². The quantitative estimate of drug-likeness (QED) is 0.607. The molecule has 0 saturated carbocycles. The van der Waals surface area contributed by atoms with Gasteiger partial charge in [0.15, 0.2) is 0 Å². The van der Waals surface area contributed by atoms with Gasteiger partial charge in [0.2, 0.25) is 0 Å². The summed E-state index contributed by atoms with van der Waals surface area (Å²) in [5.41, 5.74) is 6.82. The van der Waals surface area contributed by atoms with Crippen molar-refractivity contribution in [2.24, 2.45) is 0 Å². The summed E-state index contributed by atoms with van der Waals surface area (Å²) in [5.74, 6) is 0. The maximum absolute atomic E-state index is 2.44. The molecule has 0 fully saturated rings. The van der Waals surface area contributed by atoms with Gasteiger partial charge in [-0.2, -0.15) is 0 Å². The van der Waals surface area contributed by atoms with E-state index in [0.717, 1.165) is 4.22 Å². The van der Waals surface area contributed by atoms with E-state index in [1.807, 2.05) is 5.57 Å². The van der Waals surface area contributed by atoms with Crippen molar-refractivity contribution in [3.63, 3.8) is 0 Å². The molecule has 0 aromatic heterocycles. The summed E-state index contributed by atoms with van der Waals surface area (Å²) < 4.78 is 4.27. The van der Waals surface area contributed by atoms with E-state index in [1.54, 1.807) is 24.4 Å². The van der Waals surface area contributed by atoms with Crippen molar-refractivity contribution in [3.05, 3.63) is 63.1 Å². The smallest absolute Gasteiger partial charge is 1.00 e. The molecule has 0 N–H and O–H groups in total. The standard InChI is InChI=1S/C13H13.C5H5.C3H6.2ClH.Ti/c1-3-7-12-10(5-1)9-11-6-2-4-8-13(11)12;1-2-4-5-3-1;1-3-2;;;/h1,3,5,7,9H,2,4,6,8H2;1-3H,4H2;1-2H3;2*1H;/q;;;;;+2/p-2. The van der Waals surface area contributed by atoms with Gasteiger partial charge >= 0.3 is 140 Å². The summed E-state index contributed by atoms with van der Waals surface area (Å²) in [7, 11) is 0. The predicted octanol–water partition coefficient (Wildman–Crippen LogP) is -0.249. The second-order valence-electron chi connectivity index (χ2n) is 6.97. The Morgan fingerprint density at radius 2 is 1.79 bits per heavy atom. The minimum absolute atomic E-state index is 0. The summed E-state index contributed by atoms with van der Waals surface area (Å²) in [5, 5.41) is 0. The molecular formula is C21H24Cl2Ti. The minimum atomic E-state index is -1.42. The van der Waals surface area contributed by atoms with Crippen LogP contribution in [0.5, 0.6) is 0 Å². The summed E-state index contributed by atoms with van der Waals surface area (Å²) in [6.45, 7) is 4.80. The zero-order valence-corrected chi connectivity index (χ0v) is 17.5. The molecule has 1 aromatic carbocycles. The molecule has 0 spiro atoms. The van der Waals surface area contributed by atoms with Crippen LogP contribution >= 0.6 is 0 Å². The van der Waals surface area contributed by atoms with Crippen molar-refractivity contribution in [1.82, 2.24) is 0 Å². The molecule has 3 aliphatic rings. The predicted molar refractivity (Wildman–Crippen MR) is 92.8 cm³/mol. The van der Waals surface area contributed by atoms with E-state index in [9.17, 15) is 0 Å². The van der Waals surface area contributed by atoms with Gasteiger partial charge in [-0.1, -0.05) is 0 Å². The van der Waals surface area contributed by atoms with E-state index < -0.39 is 17.4 Å². The van der Waals surface area contributed by atoms with Crippen LogP contribution in [-0.2, 0) is 17.4 Å². The van der Waals surface area contributed by atoms with Gasteiger partial charge in [-0.15, -0.1) is 0 Å². The molecule has 0 amide bonds. The van der Waals surface area contributed by atoms with Crippen LogP contribution in [0.2, 0.25) is 0 Å². The normalized spacial score (nSPS) is 20.2. The topological polar surface area (TPSA) is 0 Å². The average molecular weight is 395 g/mol. The van der Waals surface area contributed by atoms with Crippen LogP contribution in [0.25, 0.3) is 5.57 Å². The molecule has 3 heteroatoms. The number of rotatable bonds is 2. The second-order valence-corrected chi connectivity index (χ2v) is 11.7. The molecule has 1 atom stereocenters. The van der Waals surface area contributed by atoms with Crippen molar-refractivity contribution in [2.75, 3.05) is 0 Å².